The van der Waals surface area contributed by atoms with Crippen molar-refractivity contribution >= 4 is 5.76 Å². The summed E-state index contributed by atoms with van der Waals surface area (Å²) in [6.45, 7) is 7.10. The van der Waals surface area contributed by atoms with Gasteiger partial charge in [-0.2, -0.15) is 0 Å². The Hall–Kier alpha value is -2.27. The van der Waals surface area contributed by atoms with Gasteiger partial charge < -0.3 is 5.11 Å². The molecule has 0 unspecified atom stereocenters. The van der Waals surface area contributed by atoms with Gasteiger partial charge in [0, 0.05) is 0 Å². The molecule has 1 rings (SSSR count). The smallest absolute Gasteiger partial charge is 0.866 e. The van der Waals surface area contributed by atoms with Crippen LogP contribution in [0, 0.1) is 13.8 Å². The zero-order valence-electron chi connectivity index (χ0n) is 14.8. The molecule has 114 valence electrons. The Kier molecular flexibility index (Phi) is 13.7. The van der Waals surface area contributed by atoms with Crippen molar-refractivity contribution in [3.05, 3.63) is 122 Å². The van der Waals surface area contributed by atoms with Gasteiger partial charge in [0.05, 0.1) is 0 Å². The molecule has 0 aliphatic heterocycles. The molecular formula is C24H11CsO. The Bertz CT molecular complexity index is 1220. The van der Waals surface area contributed by atoms with Crippen molar-refractivity contribution in [2.75, 3.05) is 0 Å². The van der Waals surface area contributed by atoms with E-state index >= 15 is 0 Å². The van der Waals surface area contributed by atoms with Crippen molar-refractivity contribution in [2.45, 2.75) is 13.8 Å². The van der Waals surface area contributed by atoms with E-state index in [0.717, 1.165) is 11.1 Å². The van der Waals surface area contributed by atoms with E-state index in [1.54, 1.807) is 0 Å². The molecule has 0 heterocycles. The minimum Gasteiger partial charge on any atom is -0.866 e. The molecule has 2 heteroatoms. The number of hydrogen-bond acceptors (Lipinski definition) is 1. The molecule has 0 aliphatic carbocycles. The number of hydrogen-bond donors (Lipinski definition) is 0. The van der Waals surface area contributed by atoms with E-state index in [9.17, 15) is 5.11 Å². The van der Waals surface area contributed by atoms with Gasteiger partial charge in [0.2, 0.25) is 0 Å². The molecule has 0 radical (unpaired) electrons. The molecule has 1 aromatic rings. The van der Waals surface area contributed by atoms with E-state index in [4.69, 9.17) is 0 Å². The fourth-order valence-corrected chi connectivity index (χ4v) is 1.49. The molecule has 0 saturated heterocycles. The Labute approximate surface area is 212 Å². The van der Waals surface area contributed by atoms with Crippen LogP contribution in [0.1, 0.15) is 16.7 Å². The van der Waals surface area contributed by atoms with Gasteiger partial charge in [-0.25, -0.2) is 0 Å². The molecule has 0 bridgehead atoms. The predicted molar refractivity (Wildman–Crippen MR) is 94.1 cm³/mol. The normalized spacial score (nSPS) is 6.23. The van der Waals surface area contributed by atoms with Gasteiger partial charge in [0.15, 0.2) is 0 Å². The van der Waals surface area contributed by atoms with E-state index in [1.165, 1.54) is 0 Å². The summed E-state index contributed by atoms with van der Waals surface area (Å²) in [5.41, 5.74) is 37.2. The van der Waals surface area contributed by atoms with E-state index in [-0.39, 0.29) is 74.7 Å². The second-order valence-corrected chi connectivity index (χ2v) is 4.45. The molecule has 0 spiro atoms. The molecular weight excluding hydrogens is 437 g/mol. The SMILES string of the molecule is C=C=C=C=C=C=C=C=C=C=C=C=C=C=C=C([O-])c1cc(C)ccc1C.[Cs+]. The van der Waals surface area contributed by atoms with Crippen molar-refractivity contribution in [3.8, 4) is 0 Å². The first-order valence-corrected chi connectivity index (χ1v) is 7.05. The van der Waals surface area contributed by atoms with Gasteiger partial charge in [-0.05, 0) is 106 Å². The molecule has 1 aromatic carbocycles. The van der Waals surface area contributed by atoms with Crippen LogP contribution in [0.2, 0.25) is 0 Å². The Morgan fingerprint density at radius 3 is 1.73 bits per heavy atom. The molecule has 0 N–H and O–H groups in total. The largest absolute Gasteiger partial charge is 1.00 e. The summed E-state index contributed by atoms with van der Waals surface area (Å²) >= 11 is 0. The van der Waals surface area contributed by atoms with Crippen molar-refractivity contribution in [1.29, 1.82) is 0 Å². The van der Waals surface area contributed by atoms with Crippen LogP contribution in [0.4, 0.5) is 0 Å². The zero-order chi connectivity index (χ0) is 18.3. The monoisotopic (exact) mass is 448 g/mol. The second kappa shape index (κ2) is 15.0. The first kappa shape index (κ1) is 23.7. The summed E-state index contributed by atoms with van der Waals surface area (Å²) < 4.78 is 0. The average Bonchev–Trinajstić information content (AvgIpc) is 2.61. The summed E-state index contributed by atoms with van der Waals surface area (Å²) in [7, 11) is 0. The number of rotatable bonds is 1. The topological polar surface area (TPSA) is 23.1 Å². The predicted octanol–water partition coefficient (Wildman–Crippen LogP) is 0.810. The molecule has 0 saturated carbocycles. The van der Waals surface area contributed by atoms with E-state index in [0.29, 0.717) is 5.56 Å². The molecule has 0 aromatic heterocycles. The van der Waals surface area contributed by atoms with Crippen LogP contribution in [-0.2, 0) is 0 Å². The van der Waals surface area contributed by atoms with Crippen molar-refractivity contribution < 1.29 is 74.0 Å². The standard InChI is InChI=1S/C24H12O.Cs/c1-4-5-6-7-8-9-10-11-12-13-14-15-16-17-24(25)23-20-21(2)18-19-22(23)3;/h18-20,25H,1H2,2-3H3;/q;+1/p-1. The summed E-state index contributed by atoms with van der Waals surface area (Å²) in [6, 6.07) is 5.65. The van der Waals surface area contributed by atoms with Crippen LogP contribution in [-0.4, -0.2) is 0 Å². The van der Waals surface area contributed by atoms with Crippen LogP contribution < -0.4 is 74.0 Å². The Morgan fingerprint density at radius 1 is 0.769 bits per heavy atom. The van der Waals surface area contributed by atoms with Gasteiger partial charge in [-0.3, -0.25) is 0 Å². The van der Waals surface area contributed by atoms with Crippen LogP contribution in [0.5, 0.6) is 0 Å². The first-order valence-electron chi connectivity index (χ1n) is 7.05. The molecule has 0 amide bonds. The van der Waals surface area contributed by atoms with Gasteiger partial charge in [-0.1, -0.05) is 35.2 Å². The summed E-state index contributed by atoms with van der Waals surface area (Å²) in [5.74, 6) is -0.261. The van der Waals surface area contributed by atoms with E-state index < -0.39 is 0 Å². The van der Waals surface area contributed by atoms with Crippen molar-refractivity contribution in [2.24, 2.45) is 0 Å². The van der Waals surface area contributed by atoms with Crippen LogP contribution in [0.3, 0.4) is 0 Å². The van der Waals surface area contributed by atoms with Crippen molar-refractivity contribution in [3.63, 3.8) is 0 Å². The third-order valence-corrected chi connectivity index (χ3v) is 2.59. The summed E-state index contributed by atoms with van der Waals surface area (Å²) in [5, 5.41) is 12.0. The number of aryl methyl sites for hydroxylation is 2. The van der Waals surface area contributed by atoms with Crippen LogP contribution in [0.15, 0.2) is 105 Å². The number of benzene rings is 1. The second-order valence-electron chi connectivity index (χ2n) is 4.45. The quantitative estimate of drug-likeness (QED) is 0.461. The third-order valence-electron chi connectivity index (χ3n) is 2.59. The van der Waals surface area contributed by atoms with Gasteiger partial charge in [0.25, 0.3) is 0 Å². The third kappa shape index (κ3) is 10.6. The maximum atomic E-state index is 12.0. The molecule has 26 heavy (non-hydrogen) atoms. The van der Waals surface area contributed by atoms with E-state index in [2.05, 4.69) is 86.8 Å². The maximum Gasteiger partial charge on any atom is 1.00 e. The van der Waals surface area contributed by atoms with Gasteiger partial charge in [0.1, 0.15) is 0 Å². The summed E-state index contributed by atoms with van der Waals surface area (Å²) in [4.78, 5) is 0. The molecule has 0 atom stereocenters. The summed E-state index contributed by atoms with van der Waals surface area (Å²) in [6.07, 6.45) is 0. The first-order chi connectivity index (χ1) is 12.1. The van der Waals surface area contributed by atoms with Gasteiger partial charge >= 0.3 is 68.9 Å². The Morgan fingerprint density at radius 2 is 1.23 bits per heavy atom. The average molecular weight is 448 g/mol. The van der Waals surface area contributed by atoms with Gasteiger partial charge in [-0.15, -0.1) is 0 Å². The zero-order valence-corrected chi connectivity index (χ0v) is 21.1. The minimum atomic E-state index is -0.261. The van der Waals surface area contributed by atoms with Crippen molar-refractivity contribution in [1.82, 2.24) is 0 Å². The molecule has 0 aliphatic rings. The Balaban J connectivity index is 0.00000625. The van der Waals surface area contributed by atoms with Crippen LogP contribution >= 0.6 is 0 Å². The van der Waals surface area contributed by atoms with E-state index in [1.807, 2.05) is 32.0 Å². The maximum absolute atomic E-state index is 12.0. The van der Waals surface area contributed by atoms with Crippen LogP contribution in [0.25, 0.3) is 5.76 Å². The minimum absolute atomic E-state index is 0. The fraction of sp³-hybridized carbons (Fsp3) is 0.0833. The fourth-order valence-electron chi connectivity index (χ4n) is 1.49. The molecule has 1 nitrogen and oxygen atoms in total. The molecule has 0 fully saturated rings.